The summed E-state index contributed by atoms with van der Waals surface area (Å²) in [4.78, 5) is 0. The van der Waals surface area contributed by atoms with Crippen molar-refractivity contribution in [3.8, 4) is 0 Å². The molecule has 1 saturated heterocycles. The second-order valence-corrected chi connectivity index (χ2v) is 9.15. The van der Waals surface area contributed by atoms with Crippen LogP contribution in [0.1, 0.15) is 47.5 Å². The predicted octanol–water partition coefficient (Wildman–Crippen LogP) is 5.37. The van der Waals surface area contributed by atoms with Gasteiger partial charge >= 0.3 is 58.6 Å². The fourth-order valence-corrected chi connectivity index (χ4v) is 1.92. The van der Waals surface area contributed by atoms with Gasteiger partial charge in [-0.2, -0.15) is 0 Å². The van der Waals surface area contributed by atoms with E-state index in [0.717, 1.165) is 13.2 Å². The Morgan fingerprint density at radius 1 is 0.773 bits per heavy atom. The molecule has 0 spiro atoms. The molecule has 0 N–H and O–H groups in total. The first-order chi connectivity index (χ1) is 10.5. The molecule has 1 heterocycles. The molecule has 0 saturated carbocycles. The Kier molecular flexibility index (Phi) is 23.8. The molecular formula is C16H23Cl2O3Ta. The van der Waals surface area contributed by atoms with Crippen molar-refractivity contribution in [1.29, 1.82) is 0 Å². The number of hydrogen-bond acceptors (Lipinski definition) is 1. The van der Waals surface area contributed by atoms with E-state index in [1.165, 1.54) is 41.1 Å². The molecule has 1 radical (unpaired) electrons. The zero-order chi connectivity index (χ0) is 18.1. The van der Waals surface area contributed by atoms with Crippen LogP contribution in [-0.2, 0) is 31.6 Å². The number of allylic oxidation sites excluding steroid dienone is 4. The van der Waals surface area contributed by atoms with Gasteiger partial charge in [0.05, 0.1) is 0 Å². The van der Waals surface area contributed by atoms with Gasteiger partial charge in [0.2, 0.25) is 0 Å². The van der Waals surface area contributed by atoms with Crippen molar-refractivity contribution in [2.24, 2.45) is 0 Å². The van der Waals surface area contributed by atoms with Crippen molar-refractivity contribution in [2.45, 2.75) is 47.5 Å². The molecule has 0 aromatic carbocycles. The third-order valence-corrected chi connectivity index (χ3v) is 3.64. The van der Waals surface area contributed by atoms with Crippen LogP contribution in [0.2, 0.25) is 0 Å². The minimum absolute atomic E-state index is 0.889. The molecule has 2 rings (SSSR count). The summed E-state index contributed by atoms with van der Waals surface area (Å²) in [5, 5.41) is 0. The second-order valence-electron chi connectivity index (χ2n) is 4.51. The molecule has 1 fully saturated rings. The Morgan fingerprint density at radius 3 is 1.14 bits per heavy atom. The Bertz CT molecular complexity index is 346. The average Bonchev–Trinajstić information content (AvgIpc) is 3.19. The van der Waals surface area contributed by atoms with Crippen LogP contribution in [0.15, 0.2) is 22.3 Å². The van der Waals surface area contributed by atoms with Crippen molar-refractivity contribution in [1.82, 2.24) is 0 Å². The van der Waals surface area contributed by atoms with E-state index in [0.29, 0.717) is 0 Å². The van der Waals surface area contributed by atoms with E-state index in [4.69, 9.17) is 32.4 Å². The van der Waals surface area contributed by atoms with Crippen LogP contribution in [0.3, 0.4) is 0 Å². The van der Waals surface area contributed by atoms with Gasteiger partial charge in [-0.05, 0) is 51.7 Å². The predicted molar refractivity (Wildman–Crippen MR) is 85.3 cm³/mol. The Morgan fingerprint density at radius 2 is 1.05 bits per heavy atom. The van der Waals surface area contributed by atoms with Gasteiger partial charge in [0, 0.05) is 19.1 Å². The zero-order valence-electron chi connectivity index (χ0n) is 13.8. The molecule has 0 aromatic heterocycles. The van der Waals surface area contributed by atoms with E-state index in [1.807, 2.05) is 0 Å². The fraction of sp³-hybridized carbons (Fsp3) is 0.562. The molecule has 0 bridgehead atoms. The Labute approximate surface area is 151 Å². The summed E-state index contributed by atoms with van der Waals surface area (Å²) in [6, 6.07) is 0. The van der Waals surface area contributed by atoms with E-state index in [1.54, 1.807) is 0 Å². The molecule has 1 aliphatic carbocycles. The molecule has 6 heteroatoms. The van der Waals surface area contributed by atoms with Gasteiger partial charge in [0.1, 0.15) is 0 Å². The van der Waals surface area contributed by atoms with Crippen molar-refractivity contribution < 1.29 is 31.6 Å². The quantitative estimate of drug-likeness (QED) is 0.317. The van der Waals surface area contributed by atoms with Gasteiger partial charge in [0.15, 0.2) is 0 Å². The summed E-state index contributed by atoms with van der Waals surface area (Å²) in [6.45, 7) is 22.0. The van der Waals surface area contributed by atoms with Crippen molar-refractivity contribution in [3.05, 3.63) is 41.5 Å². The third kappa shape index (κ3) is 11.8. The molecule has 124 valence electrons. The first kappa shape index (κ1) is 27.1. The van der Waals surface area contributed by atoms with E-state index < -0.39 is 17.6 Å². The second kappa shape index (κ2) is 19.3. The summed E-state index contributed by atoms with van der Waals surface area (Å²) >= 11 is -0.889. The van der Waals surface area contributed by atoms with Crippen molar-refractivity contribution in [2.75, 3.05) is 13.2 Å². The number of hydrogen-bond donors (Lipinski definition) is 0. The maximum atomic E-state index is 7.50. The zero-order valence-corrected chi connectivity index (χ0v) is 18.5. The van der Waals surface area contributed by atoms with Crippen LogP contribution in [0, 0.1) is 19.2 Å². The molecule has 3 nitrogen and oxygen atoms in total. The van der Waals surface area contributed by atoms with E-state index in [2.05, 4.69) is 47.9 Å². The van der Waals surface area contributed by atoms with Crippen LogP contribution in [0.4, 0.5) is 0 Å². The van der Waals surface area contributed by atoms with E-state index in [-0.39, 0.29) is 0 Å². The van der Waals surface area contributed by atoms with Crippen LogP contribution >= 0.6 is 18.4 Å². The monoisotopic (exact) mass is 514 g/mol. The van der Waals surface area contributed by atoms with Gasteiger partial charge in [-0.25, -0.2) is 0 Å². The molecule has 0 aromatic rings. The molecule has 0 unspecified atom stereocenters. The fourth-order valence-electron chi connectivity index (χ4n) is 1.92. The van der Waals surface area contributed by atoms with Crippen LogP contribution < -0.4 is 0 Å². The van der Waals surface area contributed by atoms with Gasteiger partial charge < -0.3 is 4.74 Å². The summed E-state index contributed by atoms with van der Waals surface area (Å²) in [5.74, 6) is 1.47. The summed E-state index contributed by atoms with van der Waals surface area (Å²) in [6.07, 6.45) is 2.56. The molecule has 22 heavy (non-hydrogen) atoms. The van der Waals surface area contributed by atoms with Gasteiger partial charge in [0.25, 0.3) is 0 Å². The van der Waals surface area contributed by atoms with Crippen LogP contribution in [-0.4, -0.2) is 13.2 Å². The summed E-state index contributed by atoms with van der Waals surface area (Å²) in [5.41, 5.74) is 5.87. The number of ether oxygens (including phenoxy) is 1. The van der Waals surface area contributed by atoms with E-state index >= 15 is 0 Å². The maximum absolute atomic E-state index is 7.50. The topological polar surface area (TPSA) is 49.0 Å². The van der Waals surface area contributed by atoms with E-state index in [9.17, 15) is 0 Å². The Balaban J connectivity index is -0.000000253. The van der Waals surface area contributed by atoms with Crippen LogP contribution in [0.5, 0.6) is 0 Å². The van der Waals surface area contributed by atoms with Gasteiger partial charge in [-0.15, -0.1) is 0 Å². The normalized spacial score (nSPS) is 16.0. The van der Waals surface area contributed by atoms with Crippen molar-refractivity contribution in [3.63, 3.8) is 0 Å². The first-order valence-electron chi connectivity index (χ1n) is 6.57. The van der Waals surface area contributed by atoms with Crippen LogP contribution in [0.25, 0.3) is 0 Å². The molecule has 0 atom stereocenters. The minimum atomic E-state index is -0.889. The molecule has 2 aliphatic rings. The molecular weight excluding hydrogens is 492 g/mol. The SMILES string of the molecule is C1CCOC1.C[C]1C(C)=C(C)C(C)=C1C.[C-]#[O+].[C-]#[O+].[Cl][Ta][Cl]. The standard InChI is InChI=1S/C10H15.C4H8O.2CO.2ClH.Ta/c1-6-7(2)9(4)10(5)8(6)3;1-2-4-5-3-1;2*1-2;;;/h1-5H3;1-4H2;;;2*1H;/q;;;;;;+2/p-2. The number of halogens is 2. The first-order valence-corrected chi connectivity index (χ1v) is 14.5. The molecule has 1 aliphatic heterocycles. The third-order valence-electron chi connectivity index (χ3n) is 3.64. The van der Waals surface area contributed by atoms with Gasteiger partial charge in [-0.1, -0.05) is 18.1 Å². The number of rotatable bonds is 0. The summed E-state index contributed by atoms with van der Waals surface area (Å²) < 4.78 is 19.9. The van der Waals surface area contributed by atoms with Crippen molar-refractivity contribution >= 4 is 18.4 Å². The Hall–Kier alpha value is 0.240. The average molecular weight is 515 g/mol. The van der Waals surface area contributed by atoms with Gasteiger partial charge in [-0.3, -0.25) is 0 Å². The molecule has 0 amide bonds. The summed E-state index contributed by atoms with van der Waals surface area (Å²) in [7, 11) is 9.89.